The van der Waals surface area contributed by atoms with Gasteiger partial charge in [0.25, 0.3) is 6.33 Å². The maximum Gasteiger partial charge on any atom is 0.255 e. The van der Waals surface area contributed by atoms with E-state index < -0.39 is 0 Å². The third-order valence-corrected chi connectivity index (χ3v) is 24.7. The minimum Gasteiger partial charge on any atom is -0.493 e. The van der Waals surface area contributed by atoms with E-state index >= 15 is 0 Å². The van der Waals surface area contributed by atoms with Gasteiger partial charge in [-0.1, -0.05) is 271 Å². The van der Waals surface area contributed by atoms with Crippen LogP contribution in [0.25, 0.3) is 44.7 Å². The fourth-order valence-electron chi connectivity index (χ4n) is 21.3. The van der Waals surface area contributed by atoms with Crippen molar-refractivity contribution in [3.05, 3.63) is 370 Å². The van der Waals surface area contributed by atoms with Crippen LogP contribution in [0.5, 0.6) is 11.5 Å². The van der Waals surface area contributed by atoms with Crippen molar-refractivity contribution in [2.45, 2.75) is 113 Å². The minimum atomic E-state index is -0.0612. The van der Waals surface area contributed by atoms with Crippen LogP contribution in [0, 0.1) is 0 Å². The van der Waals surface area contributed by atoms with E-state index in [1.54, 1.807) is 0 Å². The lowest BCUT2D eigenvalue weighted by Gasteiger charge is -2.48. The molecule has 0 radical (unpaired) electrons. The van der Waals surface area contributed by atoms with Crippen molar-refractivity contribution in [1.82, 2.24) is 4.57 Å². The summed E-state index contributed by atoms with van der Waals surface area (Å²) in [6.45, 7) is 5.98. The van der Waals surface area contributed by atoms with E-state index in [0.717, 1.165) is 37.2 Å². The molecular weight excluding hydrogens is 1180 g/mol. The van der Waals surface area contributed by atoms with E-state index in [9.17, 15) is 0 Å². The van der Waals surface area contributed by atoms with Gasteiger partial charge in [0, 0.05) is 108 Å². The summed E-state index contributed by atoms with van der Waals surface area (Å²) in [7, 11) is 0. The van der Waals surface area contributed by atoms with Gasteiger partial charge in [0.1, 0.15) is 22.9 Å². The zero-order valence-corrected chi connectivity index (χ0v) is 54.9. The Morgan fingerprint density at radius 1 is 0.299 bits per heavy atom. The third kappa shape index (κ3) is 7.06. The van der Waals surface area contributed by atoms with Crippen LogP contribution in [0.4, 0.5) is 0 Å². The minimum absolute atomic E-state index is 0.0377. The van der Waals surface area contributed by atoms with Crippen molar-refractivity contribution < 1.29 is 14.0 Å². The van der Waals surface area contributed by atoms with Crippen LogP contribution >= 0.6 is 0 Å². The first-order chi connectivity index (χ1) is 48.2. The Hall–Kier alpha value is -10.3. The zero-order valence-electron chi connectivity index (χ0n) is 54.9. The van der Waals surface area contributed by atoms with Crippen LogP contribution in [-0.4, -0.2) is 17.8 Å². The van der Waals surface area contributed by atoms with E-state index in [2.05, 4.69) is 260 Å². The summed E-state index contributed by atoms with van der Waals surface area (Å²) in [4.78, 5) is 0. The molecule has 13 aliphatic rings. The number of hydrogen-bond acceptors (Lipinski definition) is 2. The summed E-state index contributed by atoms with van der Waals surface area (Å²) in [6.07, 6.45) is 11.7. The molecule has 0 spiro atoms. The number of benzene rings is 12. The summed E-state index contributed by atoms with van der Waals surface area (Å²) >= 11 is 0. The first-order valence-corrected chi connectivity index (χ1v) is 36.3. The second-order valence-electron chi connectivity index (χ2n) is 29.2. The highest BCUT2D eigenvalue weighted by molar-refractivity contribution is 6.13. The Kier molecular flexibility index (Phi) is 11.7. The Morgan fingerprint density at radius 3 is 0.907 bits per heavy atom. The molecule has 0 saturated heterocycles. The van der Waals surface area contributed by atoms with Gasteiger partial charge in [-0.05, 0) is 119 Å². The smallest absolute Gasteiger partial charge is 0.255 e. The Balaban J connectivity index is 0.931. The molecule has 8 bridgehead atoms. The number of rotatable bonds is 14. The van der Waals surface area contributed by atoms with Gasteiger partial charge in [0.2, 0.25) is 0 Å². The summed E-state index contributed by atoms with van der Waals surface area (Å²) in [5.74, 6) is 1.86. The van der Waals surface area contributed by atoms with Crippen LogP contribution in [0.15, 0.2) is 237 Å². The molecule has 12 aromatic carbocycles. The molecule has 466 valence electrons. The maximum absolute atomic E-state index is 7.90. The topological polar surface area (TPSA) is 27.3 Å². The molecule has 13 aromatic rings. The Bertz CT molecular complexity index is 4820. The number of hydrogen-bond donors (Lipinski definition) is 0. The monoisotopic (exact) mass is 1250 g/mol. The zero-order chi connectivity index (χ0) is 63.5. The van der Waals surface area contributed by atoms with Gasteiger partial charge in [-0.3, -0.25) is 0 Å². The van der Waals surface area contributed by atoms with Crippen molar-refractivity contribution >= 4 is 10.8 Å². The molecule has 97 heavy (non-hydrogen) atoms. The van der Waals surface area contributed by atoms with Crippen molar-refractivity contribution in [2.24, 2.45) is 0 Å². The van der Waals surface area contributed by atoms with Gasteiger partial charge in [-0.2, -0.15) is 9.13 Å². The molecule has 0 unspecified atom stereocenters. The molecule has 0 fully saturated rings. The molecule has 13 aliphatic carbocycles. The van der Waals surface area contributed by atoms with Crippen molar-refractivity contribution in [2.75, 3.05) is 13.2 Å². The summed E-state index contributed by atoms with van der Waals surface area (Å²) in [5, 5.41) is 2.59. The SMILES string of the molecule is CCCCCCOc1c2c(c(-n3c[n+](-c4c5c(c(OCCCCCC)c6c4C4c7ccccc7C6c6ccccc64)C4c6ccccc6C5c5ccccc54)c4c3-c3cccc5cccc-4c35)c3c1C1c4ccccc4C3c3ccccc31)C1c3ccccc3C2c2ccccc21. The highest BCUT2D eigenvalue weighted by Crippen LogP contribution is 2.70. The van der Waals surface area contributed by atoms with E-state index in [4.69, 9.17) is 9.47 Å². The summed E-state index contributed by atoms with van der Waals surface area (Å²) in [6, 6.07) is 90.4. The number of imidazole rings is 1. The second kappa shape index (κ2) is 20.6. The van der Waals surface area contributed by atoms with Crippen LogP contribution in [-0.2, 0) is 0 Å². The number of aromatic nitrogens is 2. The number of ether oxygens (including phenoxy) is 2. The lowest BCUT2D eigenvalue weighted by atomic mass is 9.55. The molecule has 0 N–H and O–H groups in total. The molecule has 0 saturated carbocycles. The van der Waals surface area contributed by atoms with E-state index in [1.165, 1.54) is 204 Å². The van der Waals surface area contributed by atoms with Crippen molar-refractivity contribution in [3.8, 4) is 45.4 Å². The average molecular weight is 1250 g/mol. The fraction of sp³-hybridized carbons (Fsp3) is 0.215. The summed E-state index contributed by atoms with van der Waals surface area (Å²) in [5.41, 5.74) is 41.3. The molecule has 0 amide bonds. The lowest BCUT2D eigenvalue weighted by molar-refractivity contribution is -0.584. The largest absolute Gasteiger partial charge is 0.493 e. The molecule has 0 atom stereocenters. The average Bonchev–Trinajstić information content (AvgIpc) is 1.60. The van der Waals surface area contributed by atoms with Crippen LogP contribution in [0.1, 0.15) is 246 Å². The molecular formula is C93H73N2O2+. The number of unbranched alkanes of at least 4 members (excludes halogenated alkanes) is 6. The molecule has 4 nitrogen and oxygen atoms in total. The molecule has 1 heterocycles. The molecule has 0 aliphatic heterocycles. The normalized spacial score (nSPS) is 20.3. The first kappa shape index (κ1) is 54.9. The van der Waals surface area contributed by atoms with E-state index in [1.807, 2.05) is 0 Å². The quantitative estimate of drug-likeness (QED) is 0.0801. The predicted octanol–water partition coefficient (Wildman–Crippen LogP) is 21.4. The van der Waals surface area contributed by atoms with E-state index in [0.29, 0.717) is 13.2 Å². The fourth-order valence-corrected chi connectivity index (χ4v) is 21.3. The third-order valence-electron chi connectivity index (χ3n) is 24.7. The van der Waals surface area contributed by atoms with Gasteiger partial charge < -0.3 is 9.47 Å². The lowest BCUT2D eigenvalue weighted by Crippen LogP contribution is -2.42. The van der Waals surface area contributed by atoms with Crippen LogP contribution < -0.4 is 14.0 Å². The Labute approximate surface area is 567 Å². The first-order valence-electron chi connectivity index (χ1n) is 36.3. The highest BCUT2D eigenvalue weighted by atomic mass is 16.5. The maximum atomic E-state index is 7.90. The number of fused-ring (bicyclic) bond motifs is 3. The standard InChI is InChI=1S/C93H73N2O2/c1-3-5-7-25-49-96-92-84-76-61-39-17-9-31-53(61)72(54-32-10-18-40-62(54)76)80(84)90(81-73-55-33-11-19-41-63(55)77(85(81)92)64-42-20-12-34-56(64)73)94-51-95(89-70-48-28-30-52-29-27-47-69(71(52)70)88(89)94)91-82-74-57-35-13-21-43-65(57)78(66-44-22-14-36-58(66)74)86(82)93(97-50-26-8-6-4-2)87-79-67-45-23-15-37-59(67)75(83(87)91)60-38-16-24-46-68(60)79/h9-24,27-48,51,72-79H,3-8,25-26,49-50H2,1-2H3/q+1. The number of nitrogens with zero attached hydrogens (tertiary/aromatic N) is 2. The van der Waals surface area contributed by atoms with Crippen LogP contribution in [0.3, 0.4) is 0 Å². The predicted molar refractivity (Wildman–Crippen MR) is 388 cm³/mol. The Morgan fingerprint density at radius 2 is 0.588 bits per heavy atom. The van der Waals surface area contributed by atoms with Gasteiger partial charge >= 0.3 is 0 Å². The summed E-state index contributed by atoms with van der Waals surface area (Å²) < 4.78 is 21.4. The molecule has 4 heteroatoms. The van der Waals surface area contributed by atoms with Crippen molar-refractivity contribution in [3.63, 3.8) is 0 Å². The van der Waals surface area contributed by atoms with Gasteiger partial charge in [-0.25, -0.2) is 0 Å². The van der Waals surface area contributed by atoms with Gasteiger partial charge in [0.15, 0.2) is 11.4 Å². The molecule has 1 aromatic heterocycles. The highest BCUT2D eigenvalue weighted by Gasteiger charge is 2.57. The van der Waals surface area contributed by atoms with Crippen LogP contribution in [0.2, 0.25) is 0 Å². The second-order valence-corrected chi connectivity index (χ2v) is 29.2. The van der Waals surface area contributed by atoms with Gasteiger partial charge in [0.05, 0.1) is 13.2 Å². The van der Waals surface area contributed by atoms with E-state index in [-0.39, 0.29) is 47.3 Å². The van der Waals surface area contributed by atoms with Crippen molar-refractivity contribution in [1.29, 1.82) is 0 Å². The molecule has 26 rings (SSSR count). The van der Waals surface area contributed by atoms with Gasteiger partial charge in [-0.15, -0.1) is 0 Å².